The van der Waals surface area contributed by atoms with Crippen LogP contribution in [0.1, 0.15) is 12.8 Å². The van der Waals surface area contributed by atoms with Crippen LogP contribution in [0.2, 0.25) is 0 Å². The lowest BCUT2D eigenvalue weighted by atomic mass is 9.96. The molecule has 5 atom stereocenters. The minimum absolute atomic E-state index is 0.911. The number of ether oxygens (including phenoxy) is 1. The van der Waals surface area contributed by atoms with Crippen LogP contribution in [0.4, 0.5) is 0 Å². The molecule has 0 aliphatic heterocycles. The highest BCUT2D eigenvalue weighted by Gasteiger charge is 2.41. The molecule has 12 heteroatoms. The molecular weight excluding hydrogens is 336 g/mol. The Morgan fingerprint density at radius 2 is 1.42 bits per heavy atom. The van der Waals surface area contributed by atoms with E-state index in [0.29, 0.717) is 0 Å². The highest BCUT2D eigenvalue weighted by molar-refractivity contribution is 5.88. The van der Waals surface area contributed by atoms with E-state index in [1.165, 1.54) is 0 Å². The van der Waals surface area contributed by atoms with Crippen molar-refractivity contribution in [1.82, 2.24) is 0 Å². The molecule has 0 saturated heterocycles. The van der Waals surface area contributed by atoms with E-state index in [1.54, 1.807) is 0 Å². The third-order valence-electron chi connectivity index (χ3n) is 3.02. The van der Waals surface area contributed by atoms with Crippen molar-refractivity contribution in [3.63, 3.8) is 0 Å². The first kappa shape index (κ1) is 22.2. The number of rotatable bonds is 11. The molecule has 12 nitrogen and oxygen atoms in total. The third kappa shape index (κ3) is 6.74. The average Bonchev–Trinajstić information content (AvgIpc) is 2.49. The highest BCUT2D eigenvalue weighted by Crippen LogP contribution is 2.17. The quantitative estimate of drug-likeness (QED) is 0.164. The lowest BCUT2D eigenvalue weighted by Gasteiger charge is -2.26. The Balaban J connectivity index is 4.62. The normalized spacial score (nSPS) is 18.8. The van der Waals surface area contributed by atoms with Crippen LogP contribution in [-0.4, -0.2) is 102 Å². The second kappa shape index (κ2) is 9.46. The molecule has 0 rings (SSSR count). The van der Waals surface area contributed by atoms with Gasteiger partial charge in [0.15, 0.2) is 5.60 Å². The largest absolute Gasteiger partial charge is 0.481 e. The van der Waals surface area contributed by atoms with E-state index in [2.05, 4.69) is 4.74 Å². The Hall–Kier alpha value is -1.83. The fourth-order valence-electron chi connectivity index (χ4n) is 1.59. The molecule has 0 aliphatic carbocycles. The molecule has 0 fully saturated rings. The summed E-state index contributed by atoms with van der Waals surface area (Å²) in [5.74, 6) is -5.03. The highest BCUT2D eigenvalue weighted by atomic mass is 16.5. The molecule has 24 heavy (non-hydrogen) atoms. The zero-order valence-corrected chi connectivity index (χ0v) is 12.3. The summed E-state index contributed by atoms with van der Waals surface area (Å²) in [4.78, 5) is 32.8. The van der Waals surface area contributed by atoms with Crippen LogP contribution < -0.4 is 0 Å². The molecule has 0 saturated carbocycles. The number of carboxylic acid groups (broad SMARTS) is 2. The molecule has 0 amide bonds. The lowest BCUT2D eigenvalue weighted by molar-refractivity contribution is -0.174. The summed E-state index contributed by atoms with van der Waals surface area (Å²) in [6.07, 6.45) is -10.1. The van der Waals surface area contributed by atoms with Gasteiger partial charge in [0.25, 0.3) is 0 Å². The first-order chi connectivity index (χ1) is 10.9. The maximum Gasteiger partial charge on any atom is 0.336 e. The lowest BCUT2D eigenvalue weighted by Crippen LogP contribution is -2.48. The fourth-order valence-corrected chi connectivity index (χ4v) is 1.59. The van der Waals surface area contributed by atoms with Gasteiger partial charge in [0.05, 0.1) is 19.4 Å². The zero-order valence-electron chi connectivity index (χ0n) is 12.3. The van der Waals surface area contributed by atoms with Crippen molar-refractivity contribution in [2.24, 2.45) is 0 Å². The van der Waals surface area contributed by atoms with Gasteiger partial charge in [-0.25, -0.2) is 4.79 Å². The fraction of sp³-hybridized carbons (Fsp3) is 0.750. The number of esters is 1. The molecule has 0 aliphatic rings. The Kier molecular flexibility index (Phi) is 8.74. The van der Waals surface area contributed by atoms with Gasteiger partial charge < -0.3 is 45.6 Å². The Labute approximate surface area is 135 Å². The molecule has 5 unspecified atom stereocenters. The SMILES string of the molecule is O=C(O)CC(O)(CC(=O)OCC(O)C(O)C(O)C(O)CO)C(=O)O. The first-order valence-electron chi connectivity index (χ1n) is 6.61. The van der Waals surface area contributed by atoms with Crippen LogP contribution in [0, 0.1) is 0 Å². The second-order valence-electron chi connectivity index (χ2n) is 5.07. The molecule has 0 aromatic carbocycles. The maximum absolute atomic E-state index is 11.4. The van der Waals surface area contributed by atoms with Crippen LogP contribution in [-0.2, 0) is 19.1 Å². The van der Waals surface area contributed by atoms with Crippen LogP contribution in [0.3, 0.4) is 0 Å². The number of aliphatic hydroxyl groups excluding tert-OH is 5. The van der Waals surface area contributed by atoms with Crippen molar-refractivity contribution >= 4 is 17.9 Å². The number of carbonyl (C=O) groups is 3. The van der Waals surface area contributed by atoms with Crippen molar-refractivity contribution in [3.8, 4) is 0 Å². The number of hydrogen-bond donors (Lipinski definition) is 8. The van der Waals surface area contributed by atoms with Crippen molar-refractivity contribution in [2.45, 2.75) is 42.9 Å². The molecule has 0 spiro atoms. The summed E-state index contributed by atoms with van der Waals surface area (Å²) in [5.41, 5.74) is -2.92. The summed E-state index contributed by atoms with van der Waals surface area (Å²) >= 11 is 0. The van der Waals surface area contributed by atoms with Crippen LogP contribution in [0.25, 0.3) is 0 Å². The third-order valence-corrected chi connectivity index (χ3v) is 3.02. The smallest absolute Gasteiger partial charge is 0.336 e. The number of aliphatic hydroxyl groups is 6. The molecule has 0 bridgehead atoms. The van der Waals surface area contributed by atoms with Gasteiger partial charge in [-0.3, -0.25) is 9.59 Å². The summed E-state index contributed by atoms with van der Waals surface area (Å²) in [5, 5.41) is 72.8. The molecule has 0 aromatic rings. The second-order valence-corrected chi connectivity index (χ2v) is 5.07. The summed E-state index contributed by atoms with van der Waals surface area (Å²) in [7, 11) is 0. The molecule has 140 valence electrons. The minimum Gasteiger partial charge on any atom is -0.481 e. The molecule has 0 aromatic heterocycles. The van der Waals surface area contributed by atoms with Gasteiger partial charge >= 0.3 is 17.9 Å². The summed E-state index contributed by atoms with van der Waals surface area (Å²) in [6, 6.07) is 0. The van der Waals surface area contributed by atoms with Gasteiger partial charge in [-0.05, 0) is 0 Å². The van der Waals surface area contributed by atoms with Gasteiger partial charge in [0, 0.05) is 0 Å². The van der Waals surface area contributed by atoms with E-state index in [-0.39, 0.29) is 0 Å². The maximum atomic E-state index is 11.4. The van der Waals surface area contributed by atoms with E-state index in [0.717, 1.165) is 0 Å². The minimum atomic E-state index is -2.92. The van der Waals surface area contributed by atoms with Crippen LogP contribution in [0.15, 0.2) is 0 Å². The number of aliphatic carboxylic acids is 2. The Bertz CT molecular complexity index is 451. The molecule has 0 radical (unpaired) electrons. The zero-order chi connectivity index (χ0) is 19.1. The van der Waals surface area contributed by atoms with Crippen LogP contribution >= 0.6 is 0 Å². The van der Waals surface area contributed by atoms with E-state index in [1.807, 2.05) is 0 Å². The van der Waals surface area contributed by atoms with Crippen LogP contribution in [0.5, 0.6) is 0 Å². The van der Waals surface area contributed by atoms with Crippen molar-refractivity contribution in [1.29, 1.82) is 0 Å². The predicted molar refractivity (Wildman–Crippen MR) is 71.5 cm³/mol. The monoisotopic (exact) mass is 356 g/mol. The Morgan fingerprint density at radius 3 is 1.83 bits per heavy atom. The predicted octanol–water partition coefficient (Wildman–Crippen LogP) is -4.35. The van der Waals surface area contributed by atoms with Gasteiger partial charge in [-0.2, -0.15) is 0 Å². The van der Waals surface area contributed by atoms with Crippen molar-refractivity contribution in [3.05, 3.63) is 0 Å². The van der Waals surface area contributed by atoms with Gasteiger partial charge in [0.2, 0.25) is 0 Å². The topological polar surface area (TPSA) is 222 Å². The van der Waals surface area contributed by atoms with Crippen molar-refractivity contribution < 1.29 is 60.0 Å². The van der Waals surface area contributed by atoms with Gasteiger partial charge in [0.1, 0.15) is 31.0 Å². The molecular formula is C12H20O12. The standard InChI is InChI=1S/C12H20O12/c13-3-5(14)9(19)10(20)6(15)4-24-8(18)2-12(23,11(21)22)1-7(16)17/h5-6,9-10,13-15,19-20,23H,1-4H2,(H,16,17)(H,21,22). The molecule has 8 N–H and O–H groups in total. The number of carbonyl (C=O) groups excluding carboxylic acids is 1. The first-order valence-corrected chi connectivity index (χ1v) is 6.61. The molecule has 0 heterocycles. The summed E-state index contributed by atoms with van der Waals surface area (Å²) in [6.45, 7) is -1.86. The van der Waals surface area contributed by atoms with E-state index >= 15 is 0 Å². The van der Waals surface area contributed by atoms with Crippen molar-refractivity contribution in [2.75, 3.05) is 13.2 Å². The van der Waals surface area contributed by atoms with Gasteiger partial charge in [-0.15, -0.1) is 0 Å². The number of hydrogen-bond acceptors (Lipinski definition) is 10. The van der Waals surface area contributed by atoms with Gasteiger partial charge in [-0.1, -0.05) is 0 Å². The summed E-state index contributed by atoms with van der Waals surface area (Å²) < 4.78 is 4.40. The van der Waals surface area contributed by atoms with E-state index in [4.69, 9.17) is 20.4 Å². The van der Waals surface area contributed by atoms with E-state index < -0.39 is 74.0 Å². The average molecular weight is 356 g/mol. The number of carboxylic acids is 2. The Morgan fingerprint density at radius 1 is 0.917 bits per heavy atom. The van der Waals surface area contributed by atoms with E-state index in [9.17, 15) is 34.8 Å².